The molecule has 0 fully saturated rings. The molecule has 0 saturated carbocycles. The van der Waals surface area contributed by atoms with Gasteiger partial charge in [0.1, 0.15) is 0 Å². The van der Waals surface area contributed by atoms with Crippen LogP contribution in [0, 0.1) is 0 Å². The number of rotatable bonds is 10. The molecule has 0 radical (unpaired) electrons. The first kappa shape index (κ1) is 18.6. The number of nitrogens with zero attached hydrogens (tertiary/aromatic N) is 4. The highest BCUT2D eigenvalue weighted by molar-refractivity contribution is 5.88. The summed E-state index contributed by atoms with van der Waals surface area (Å²) < 4.78 is 1.63. The minimum absolute atomic E-state index is 0.0127. The predicted octanol–water partition coefficient (Wildman–Crippen LogP) is 2.78. The largest absolute Gasteiger partial charge is 0.303 e. The minimum Gasteiger partial charge on any atom is -0.303 e. The molecular formula is C16H31N5O. The fourth-order valence-corrected chi connectivity index (χ4v) is 2.38. The van der Waals surface area contributed by atoms with Gasteiger partial charge < -0.3 is 4.90 Å². The van der Waals surface area contributed by atoms with Crippen LogP contribution in [-0.2, 0) is 11.8 Å². The van der Waals surface area contributed by atoms with E-state index in [0.717, 1.165) is 44.7 Å². The zero-order valence-corrected chi connectivity index (χ0v) is 14.7. The summed E-state index contributed by atoms with van der Waals surface area (Å²) in [6.45, 7) is 11.7. The SMILES string of the molecule is CCCN(CCC)CCCC(=O)Nc1nc(C(C)C)nn1C. The maximum absolute atomic E-state index is 12.0. The van der Waals surface area contributed by atoms with Gasteiger partial charge in [-0.3, -0.25) is 10.1 Å². The van der Waals surface area contributed by atoms with Crippen molar-refractivity contribution in [3.05, 3.63) is 5.82 Å². The molecule has 0 spiro atoms. The van der Waals surface area contributed by atoms with Gasteiger partial charge in [-0.2, -0.15) is 10.1 Å². The Morgan fingerprint density at radius 1 is 1.23 bits per heavy atom. The van der Waals surface area contributed by atoms with Crippen molar-refractivity contribution in [1.82, 2.24) is 19.7 Å². The quantitative estimate of drug-likeness (QED) is 0.722. The first-order valence-corrected chi connectivity index (χ1v) is 8.41. The first-order chi connectivity index (χ1) is 10.5. The van der Waals surface area contributed by atoms with E-state index in [1.807, 2.05) is 13.8 Å². The monoisotopic (exact) mass is 309 g/mol. The maximum atomic E-state index is 12.0. The molecule has 22 heavy (non-hydrogen) atoms. The molecule has 1 amide bonds. The summed E-state index contributed by atoms with van der Waals surface area (Å²) >= 11 is 0. The van der Waals surface area contributed by atoms with E-state index in [-0.39, 0.29) is 11.8 Å². The lowest BCUT2D eigenvalue weighted by molar-refractivity contribution is -0.116. The second kappa shape index (κ2) is 9.56. The van der Waals surface area contributed by atoms with Crippen LogP contribution in [0.4, 0.5) is 5.95 Å². The lowest BCUT2D eigenvalue weighted by Gasteiger charge is -2.20. The molecule has 1 aromatic heterocycles. The number of anilines is 1. The lowest BCUT2D eigenvalue weighted by atomic mass is 10.2. The van der Waals surface area contributed by atoms with Gasteiger partial charge in [-0.25, -0.2) is 4.68 Å². The van der Waals surface area contributed by atoms with Gasteiger partial charge >= 0.3 is 0 Å². The van der Waals surface area contributed by atoms with Crippen molar-refractivity contribution in [1.29, 1.82) is 0 Å². The van der Waals surface area contributed by atoms with E-state index in [1.165, 1.54) is 0 Å². The van der Waals surface area contributed by atoms with E-state index >= 15 is 0 Å². The van der Waals surface area contributed by atoms with Crippen molar-refractivity contribution in [3.8, 4) is 0 Å². The highest BCUT2D eigenvalue weighted by Gasteiger charge is 2.13. The number of hydrogen-bond donors (Lipinski definition) is 1. The van der Waals surface area contributed by atoms with Crippen molar-refractivity contribution >= 4 is 11.9 Å². The number of aryl methyl sites for hydroxylation is 1. The number of nitrogens with one attached hydrogen (secondary N) is 1. The maximum Gasteiger partial charge on any atom is 0.227 e. The van der Waals surface area contributed by atoms with Crippen LogP contribution >= 0.6 is 0 Å². The van der Waals surface area contributed by atoms with Gasteiger partial charge in [-0.05, 0) is 38.9 Å². The fourth-order valence-electron chi connectivity index (χ4n) is 2.38. The number of aromatic nitrogens is 3. The summed E-state index contributed by atoms with van der Waals surface area (Å²) in [6, 6.07) is 0. The van der Waals surface area contributed by atoms with Crippen molar-refractivity contribution in [3.63, 3.8) is 0 Å². The summed E-state index contributed by atoms with van der Waals surface area (Å²) in [5.74, 6) is 1.56. The zero-order valence-electron chi connectivity index (χ0n) is 14.7. The molecule has 0 unspecified atom stereocenters. The molecular weight excluding hydrogens is 278 g/mol. The van der Waals surface area contributed by atoms with E-state index in [1.54, 1.807) is 11.7 Å². The minimum atomic E-state index is 0.0127. The highest BCUT2D eigenvalue weighted by Crippen LogP contribution is 2.12. The third kappa shape index (κ3) is 6.13. The molecule has 1 rings (SSSR count). The normalized spacial score (nSPS) is 11.4. The van der Waals surface area contributed by atoms with Crippen LogP contribution in [0.15, 0.2) is 0 Å². The van der Waals surface area contributed by atoms with Gasteiger partial charge in [0.25, 0.3) is 0 Å². The third-order valence-electron chi connectivity index (χ3n) is 3.50. The molecule has 0 aromatic carbocycles. The number of carbonyl (C=O) groups excluding carboxylic acids is 1. The molecule has 0 bridgehead atoms. The van der Waals surface area contributed by atoms with Crippen LogP contribution < -0.4 is 5.32 Å². The van der Waals surface area contributed by atoms with Gasteiger partial charge in [-0.1, -0.05) is 27.7 Å². The van der Waals surface area contributed by atoms with Crippen LogP contribution in [0.25, 0.3) is 0 Å². The average Bonchev–Trinajstić information content (AvgIpc) is 2.81. The first-order valence-electron chi connectivity index (χ1n) is 8.41. The summed E-state index contributed by atoms with van der Waals surface area (Å²) in [5, 5.41) is 7.16. The molecule has 1 N–H and O–H groups in total. The topological polar surface area (TPSA) is 63.1 Å². The summed E-state index contributed by atoms with van der Waals surface area (Å²) in [7, 11) is 1.80. The van der Waals surface area contributed by atoms with Gasteiger partial charge in [-0.15, -0.1) is 0 Å². The van der Waals surface area contributed by atoms with Crippen molar-refractivity contribution < 1.29 is 4.79 Å². The number of hydrogen-bond acceptors (Lipinski definition) is 4. The Balaban J connectivity index is 2.40. The van der Waals surface area contributed by atoms with Crippen LogP contribution in [0.5, 0.6) is 0 Å². The molecule has 0 saturated heterocycles. The molecule has 0 aliphatic rings. The Hall–Kier alpha value is -1.43. The fraction of sp³-hybridized carbons (Fsp3) is 0.812. The van der Waals surface area contributed by atoms with Crippen LogP contribution in [0.3, 0.4) is 0 Å². The highest BCUT2D eigenvalue weighted by atomic mass is 16.1. The molecule has 0 aliphatic heterocycles. The Bertz CT molecular complexity index is 449. The van der Waals surface area contributed by atoms with Crippen molar-refractivity contribution in [2.45, 2.75) is 59.3 Å². The number of amides is 1. The van der Waals surface area contributed by atoms with Gasteiger partial charge in [0.15, 0.2) is 5.82 Å². The molecule has 0 aliphatic carbocycles. The lowest BCUT2D eigenvalue weighted by Crippen LogP contribution is -2.27. The Labute approximate surface area is 134 Å². The second-order valence-electron chi connectivity index (χ2n) is 6.07. The van der Waals surface area contributed by atoms with E-state index in [0.29, 0.717) is 12.4 Å². The Kier molecular flexibility index (Phi) is 8.09. The molecule has 1 aromatic rings. The summed E-state index contributed by atoms with van der Waals surface area (Å²) in [5.41, 5.74) is 0. The van der Waals surface area contributed by atoms with Crippen LogP contribution in [0.1, 0.15) is 65.1 Å². The standard InChI is InChI=1S/C16H31N5O/c1-6-10-21(11-7-2)12-8-9-14(22)17-16-18-15(13(3)4)19-20(16)5/h13H,6-12H2,1-5H3,(H,17,18,19,22). The Morgan fingerprint density at radius 3 is 2.36 bits per heavy atom. The van der Waals surface area contributed by atoms with Crippen molar-refractivity contribution in [2.75, 3.05) is 25.0 Å². The Morgan fingerprint density at radius 2 is 1.86 bits per heavy atom. The van der Waals surface area contributed by atoms with Gasteiger partial charge in [0, 0.05) is 19.4 Å². The molecule has 0 atom stereocenters. The van der Waals surface area contributed by atoms with E-state index < -0.39 is 0 Å². The molecule has 1 heterocycles. The average molecular weight is 309 g/mol. The molecule has 6 nitrogen and oxygen atoms in total. The van der Waals surface area contributed by atoms with Gasteiger partial charge in [0.2, 0.25) is 11.9 Å². The third-order valence-corrected chi connectivity index (χ3v) is 3.50. The molecule has 126 valence electrons. The van der Waals surface area contributed by atoms with Gasteiger partial charge in [0.05, 0.1) is 0 Å². The zero-order chi connectivity index (χ0) is 16.5. The predicted molar refractivity (Wildman–Crippen MR) is 90.0 cm³/mol. The van der Waals surface area contributed by atoms with Crippen LogP contribution in [0.2, 0.25) is 0 Å². The van der Waals surface area contributed by atoms with Crippen LogP contribution in [-0.4, -0.2) is 45.2 Å². The number of carbonyl (C=O) groups is 1. The van der Waals surface area contributed by atoms with Crippen molar-refractivity contribution in [2.24, 2.45) is 7.05 Å². The summed E-state index contributed by atoms with van der Waals surface area (Å²) in [4.78, 5) is 18.8. The van der Waals surface area contributed by atoms with E-state index in [9.17, 15) is 4.79 Å². The second-order valence-corrected chi connectivity index (χ2v) is 6.07. The van der Waals surface area contributed by atoms with E-state index in [2.05, 4.69) is 34.1 Å². The smallest absolute Gasteiger partial charge is 0.227 e. The summed E-state index contributed by atoms with van der Waals surface area (Å²) in [6.07, 6.45) is 3.71. The molecule has 6 heteroatoms. The van der Waals surface area contributed by atoms with E-state index in [4.69, 9.17) is 0 Å².